The maximum atomic E-state index is 11.1. The lowest BCUT2D eigenvalue weighted by Gasteiger charge is -2.39. The Morgan fingerprint density at radius 2 is 1.68 bits per heavy atom. The molecule has 0 bridgehead atoms. The van der Waals surface area contributed by atoms with E-state index >= 15 is 0 Å². The van der Waals surface area contributed by atoms with E-state index in [0.29, 0.717) is 0 Å². The molecule has 2 aromatic rings. The first-order chi connectivity index (χ1) is 13.8. The van der Waals surface area contributed by atoms with Gasteiger partial charge in [0.25, 0.3) is 0 Å². The second kappa shape index (κ2) is 12.9. The Hall–Kier alpha value is -0.980. The zero-order valence-corrected chi connectivity index (χ0v) is 21.8. The van der Waals surface area contributed by atoms with Crippen LogP contribution in [0.1, 0.15) is 38.7 Å². The van der Waals surface area contributed by atoms with Gasteiger partial charge in [0, 0.05) is 43.4 Å². The van der Waals surface area contributed by atoms with Crippen molar-refractivity contribution in [2.24, 2.45) is 0 Å². The molecule has 3 rings (SSSR count). The molecular formula is C24H35BrCl2N2O2. The van der Waals surface area contributed by atoms with Gasteiger partial charge in [-0.15, -0.1) is 24.8 Å². The molecule has 1 saturated heterocycles. The number of halogens is 3. The summed E-state index contributed by atoms with van der Waals surface area (Å²) < 4.78 is 6.87. The summed E-state index contributed by atoms with van der Waals surface area (Å²) in [6, 6.07) is 16.6. The number of anilines is 1. The lowest BCUT2D eigenvalue weighted by Crippen LogP contribution is -2.45. The maximum absolute atomic E-state index is 11.1. The Balaban J connectivity index is 0.00000240. The van der Waals surface area contributed by atoms with Gasteiger partial charge in [-0.1, -0.05) is 34.1 Å². The van der Waals surface area contributed by atoms with Crippen LogP contribution in [0.25, 0.3) is 0 Å². The predicted molar refractivity (Wildman–Crippen MR) is 138 cm³/mol. The van der Waals surface area contributed by atoms with Gasteiger partial charge in [-0.3, -0.25) is 4.90 Å². The van der Waals surface area contributed by atoms with E-state index < -0.39 is 5.60 Å². The van der Waals surface area contributed by atoms with Gasteiger partial charge in [-0.25, -0.2) is 0 Å². The summed E-state index contributed by atoms with van der Waals surface area (Å²) in [4.78, 5) is 4.65. The van der Waals surface area contributed by atoms with E-state index in [1.807, 2.05) is 32.0 Å². The van der Waals surface area contributed by atoms with Crippen molar-refractivity contribution in [2.45, 2.75) is 51.4 Å². The number of benzene rings is 2. The lowest BCUT2D eigenvalue weighted by atomic mass is 9.88. The number of hydrogen-bond acceptors (Lipinski definition) is 4. The fourth-order valence-corrected chi connectivity index (χ4v) is 4.21. The molecule has 1 fully saturated rings. The fourth-order valence-electron chi connectivity index (χ4n) is 3.80. The van der Waals surface area contributed by atoms with Gasteiger partial charge in [-0.05, 0) is 69.0 Å². The third-order valence-corrected chi connectivity index (χ3v) is 6.47. The third kappa shape index (κ3) is 8.47. The summed E-state index contributed by atoms with van der Waals surface area (Å²) in [5.74, 6) is 0.896. The molecule has 0 unspecified atom stereocenters. The molecule has 7 heteroatoms. The molecule has 0 aromatic heterocycles. The van der Waals surface area contributed by atoms with Crippen LogP contribution in [0.2, 0.25) is 0 Å². The van der Waals surface area contributed by atoms with Crippen molar-refractivity contribution in [1.29, 1.82) is 0 Å². The van der Waals surface area contributed by atoms with E-state index in [2.05, 4.69) is 63.1 Å². The van der Waals surface area contributed by atoms with Crippen molar-refractivity contribution in [3.8, 4) is 5.75 Å². The minimum Gasteiger partial charge on any atom is -0.491 e. The van der Waals surface area contributed by atoms with Crippen LogP contribution in [0.5, 0.6) is 5.75 Å². The Bertz CT molecular complexity index is 781. The normalized spacial score (nSPS) is 15.7. The average molecular weight is 534 g/mol. The van der Waals surface area contributed by atoms with Crippen molar-refractivity contribution in [1.82, 2.24) is 4.90 Å². The van der Waals surface area contributed by atoms with Crippen LogP contribution >= 0.6 is 40.7 Å². The molecule has 2 aromatic carbocycles. The topological polar surface area (TPSA) is 35.9 Å². The highest BCUT2D eigenvalue weighted by atomic mass is 79.9. The van der Waals surface area contributed by atoms with Crippen molar-refractivity contribution in [3.63, 3.8) is 0 Å². The van der Waals surface area contributed by atoms with Crippen LogP contribution in [0.3, 0.4) is 0 Å². The zero-order valence-electron chi connectivity index (χ0n) is 18.6. The number of hydrogen-bond donors (Lipinski definition) is 1. The van der Waals surface area contributed by atoms with Crippen molar-refractivity contribution >= 4 is 46.4 Å². The Morgan fingerprint density at radius 1 is 1.06 bits per heavy atom. The Kier molecular flexibility index (Phi) is 11.7. The number of ether oxygens (including phenoxy) is 1. The summed E-state index contributed by atoms with van der Waals surface area (Å²) in [6.07, 6.45) is 2.62. The van der Waals surface area contributed by atoms with Crippen LogP contribution in [-0.4, -0.2) is 48.4 Å². The second-order valence-electron chi connectivity index (χ2n) is 8.42. The molecule has 31 heavy (non-hydrogen) atoms. The molecular weight excluding hydrogens is 499 g/mol. The van der Waals surface area contributed by atoms with Gasteiger partial charge >= 0.3 is 0 Å². The van der Waals surface area contributed by atoms with Gasteiger partial charge in [0.1, 0.15) is 5.75 Å². The molecule has 0 aliphatic carbocycles. The zero-order chi connectivity index (χ0) is 20.9. The number of nitrogens with zero attached hydrogens (tertiary/aromatic N) is 2. The van der Waals surface area contributed by atoms with E-state index in [1.165, 1.54) is 5.56 Å². The van der Waals surface area contributed by atoms with Crippen LogP contribution < -0.4 is 9.64 Å². The summed E-state index contributed by atoms with van der Waals surface area (Å²) >= 11 is 3.63. The number of piperidine rings is 1. The van der Waals surface area contributed by atoms with Gasteiger partial charge in [-0.2, -0.15) is 0 Å². The van der Waals surface area contributed by atoms with Gasteiger partial charge in [0.05, 0.1) is 11.7 Å². The van der Waals surface area contributed by atoms with Crippen molar-refractivity contribution < 1.29 is 9.84 Å². The number of rotatable bonds is 8. The molecule has 1 N–H and O–H groups in total. The minimum atomic E-state index is -0.570. The fraction of sp³-hybridized carbons (Fsp3) is 0.500. The summed E-state index contributed by atoms with van der Waals surface area (Å²) in [6.45, 7) is 7.70. The molecule has 4 nitrogen and oxygen atoms in total. The summed E-state index contributed by atoms with van der Waals surface area (Å²) in [5.41, 5.74) is 1.89. The van der Waals surface area contributed by atoms with E-state index in [4.69, 9.17) is 4.74 Å². The molecule has 0 saturated carbocycles. The van der Waals surface area contributed by atoms with Crippen LogP contribution in [0.4, 0.5) is 5.69 Å². The molecule has 0 atom stereocenters. The highest BCUT2D eigenvalue weighted by Crippen LogP contribution is 2.29. The summed E-state index contributed by atoms with van der Waals surface area (Å²) in [7, 11) is 2.09. The quantitative estimate of drug-likeness (QED) is 0.456. The molecule has 0 spiro atoms. The second-order valence-corrected chi connectivity index (χ2v) is 9.28. The van der Waals surface area contributed by atoms with Gasteiger partial charge < -0.3 is 14.7 Å². The van der Waals surface area contributed by atoms with E-state index in [9.17, 15) is 5.11 Å². The molecule has 174 valence electrons. The highest BCUT2D eigenvalue weighted by Gasteiger charge is 2.32. The SMILES string of the molecule is CC(C)Oc1ccc(N(C)CCC2(O)CCN(Cc3ccccc3Br)CC2)cc1.Cl.Cl. The smallest absolute Gasteiger partial charge is 0.119 e. The largest absolute Gasteiger partial charge is 0.491 e. The minimum absolute atomic E-state index is 0. The molecule has 1 heterocycles. The van der Waals surface area contributed by atoms with Crippen LogP contribution in [-0.2, 0) is 6.54 Å². The monoisotopic (exact) mass is 532 g/mol. The molecule has 1 aliphatic rings. The van der Waals surface area contributed by atoms with E-state index in [0.717, 1.165) is 61.4 Å². The van der Waals surface area contributed by atoms with Crippen LogP contribution in [0, 0.1) is 0 Å². The number of aliphatic hydroxyl groups is 1. The number of likely N-dealkylation sites (tertiary alicyclic amines) is 1. The lowest BCUT2D eigenvalue weighted by molar-refractivity contribution is -0.0275. The molecule has 0 amide bonds. The Labute approximate surface area is 207 Å². The maximum Gasteiger partial charge on any atom is 0.119 e. The average Bonchev–Trinajstić information content (AvgIpc) is 2.70. The Morgan fingerprint density at radius 3 is 2.26 bits per heavy atom. The molecule has 0 radical (unpaired) electrons. The van der Waals surface area contributed by atoms with Crippen molar-refractivity contribution in [3.05, 3.63) is 58.6 Å². The third-order valence-electron chi connectivity index (χ3n) is 5.70. The highest BCUT2D eigenvalue weighted by molar-refractivity contribution is 9.10. The van der Waals surface area contributed by atoms with E-state index in [-0.39, 0.29) is 30.9 Å². The van der Waals surface area contributed by atoms with Gasteiger partial charge in [0.2, 0.25) is 0 Å². The molecule has 1 aliphatic heterocycles. The van der Waals surface area contributed by atoms with Crippen molar-refractivity contribution in [2.75, 3.05) is 31.6 Å². The van der Waals surface area contributed by atoms with Gasteiger partial charge in [0.15, 0.2) is 0 Å². The predicted octanol–water partition coefficient (Wildman–Crippen LogP) is 5.93. The van der Waals surface area contributed by atoms with E-state index in [1.54, 1.807) is 0 Å². The first-order valence-electron chi connectivity index (χ1n) is 10.5. The first-order valence-corrected chi connectivity index (χ1v) is 11.3. The summed E-state index contributed by atoms with van der Waals surface area (Å²) in [5, 5.41) is 11.1. The first kappa shape index (κ1) is 28.1. The standard InChI is InChI=1S/C24H33BrN2O2.2ClH/c1-19(2)29-22-10-8-21(9-11-22)26(3)15-12-24(28)13-16-27(17-14-24)18-20-6-4-5-7-23(20)25;;/h4-11,19,28H,12-18H2,1-3H3;2*1H. The van der Waals surface area contributed by atoms with Crippen LogP contribution in [0.15, 0.2) is 53.0 Å².